The van der Waals surface area contributed by atoms with E-state index in [1.807, 2.05) is 36.5 Å². The van der Waals surface area contributed by atoms with E-state index in [-0.39, 0.29) is 11.5 Å². The molecule has 138 heavy (non-hydrogen) atoms. The highest BCUT2D eigenvalue weighted by Crippen LogP contribution is 2.33. The van der Waals surface area contributed by atoms with Gasteiger partial charge in [-0.3, -0.25) is 49.5 Å². The normalized spacial score (nSPS) is 14.3. The number of rotatable bonds is 30. The molecule has 13 aromatic rings. The Kier molecular flexibility index (Phi) is 33.1. The first kappa shape index (κ1) is 99.9. The minimum Gasteiger partial charge on any atom is -0.371 e. The van der Waals surface area contributed by atoms with Crippen LogP contribution in [0.4, 0.5) is 46.0 Å². The van der Waals surface area contributed by atoms with E-state index >= 15 is 0 Å². The summed E-state index contributed by atoms with van der Waals surface area (Å²) in [5.41, 5.74) is 58.5. The zero-order chi connectivity index (χ0) is 98.0. The Morgan fingerprint density at radius 2 is 0.630 bits per heavy atom. The van der Waals surface area contributed by atoms with E-state index in [2.05, 4.69) is 309 Å². The molecule has 4 aliphatic rings. The lowest BCUT2D eigenvalue weighted by molar-refractivity contribution is 0.0991. The summed E-state index contributed by atoms with van der Waals surface area (Å²) in [5, 5.41) is 42.6. The number of hydrogen-bond acceptors (Lipinski definition) is 20. The number of aromatic nitrogens is 9. The Morgan fingerprint density at radius 1 is 0.319 bits per heavy atom. The Hall–Kier alpha value is -14.1. The number of aryl methyl sites for hydroxylation is 9. The van der Waals surface area contributed by atoms with E-state index in [4.69, 9.17) is 22.9 Å². The van der Waals surface area contributed by atoms with E-state index in [1.165, 1.54) is 128 Å². The molecular weight excluding hydrogens is 1750 g/mol. The summed E-state index contributed by atoms with van der Waals surface area (Å²) in [6.45, 7) is 40.3. The highest BCUT2D eigenvalue weighted by Gasteiger charge is 2.28. The van der Waals surface area contributed by atoms with Crippen molar-refractivity contribution in [2.45, 2.75) is 187 Å². The van der Waals surface area contributed by atoms with Gasteiger partial charge >= 0.3 is 0 Å². The standard InChI is InChI=1S/C32H38N6O.C27H35N5O.C25H32N6O.C25H31N5O3S/c1-22-17-27(18-23(2)24(22)3)20-34-32-30(31(33)39)29(35-36-32)19-25-9-11-28(12-10-25)38-15-13-37(14-16-38)21-26-7-5-4-6-8-26;1-17-12-22(13-18(2)20(17)4)16-29-27-25(26(28)33)23(30-31-27)15-21-8-9-24(19(3)14-21)32-10-6-5-7-11-32;1-16-11-19(12-17(2)18(16)3)14-28-25-23(24(26)32)22(29-30-25)13-20-7-8-21(15-27-20)31-9-5-4-6-10-31;1-16-12-20(13-17(2)18(16)3)15-27-25-23(24(26)31)22(28-29-25)14-19-4-6-21(7-5-19)30-8-10-34(32,33)11-9-30/h4-12,17-18H,13-16,19-21H2,1-3H3,(H2,33,39)(H2,34,35,36);8-9,12-14H,5-7,10-11,15-16H2,1-4H3,(H2,28,33)(H2,29,30,31);7-8,11-12,15H,4-6,9-10,13-14H2,1-3H3,(H2,26,32)(H2,28,29,30);4-7,12-13H,8-11,14-15H2,1-3H3,(H2,26,31)(H2,27,28,29). The summed E-state index contributed by atoms with van der Waals surface area (Å²) in [6.07, 6.45) is 11.6. The number of hydrogen-bond donors (Lipinski definition) is 12. The van der Waals surface area contributed by atoms with Crippen LogP contribution in [0.15, 0.2) is 164 Å². The lowest BCUT2D eigenvalue weighted by atomic mass is 10.0. The van der Waals surface area contributed by atoms with Gasteiger partial charge in [-0.1, -0.05) is 115 Å². The third-order valence-corrected chi connectivity index (χ3v) is 29.3. The maximum Gasteiger partial charge on any atom is 0.254 e. The molecule has 724 valence electrons. The number of aromatic amines is 4. The van der Waals surface area contributed by atoms with Crippen molar-refractivity contribution in [3.63, 3.8) is 0 Å². The van der Waals surface area contributed by atoms with Gasteiger partial charge in [0.25, 0.3) is 23.6 Å². The van der Waals surface area contributed by atoms with Gasteiger partial charge in [0.1, 0.15) is 22.3 Å². The molecule has 9 heterocycles. The molecule has 4 fully saturated rings. The first-order valence-corrected chi connectivity index (χ1v) is 50.0. The summed E-state index contributed by atoms with van der Waals surface area (Å²) in [7, 11) is -2.91. The molecule has 16 N–H and O–H groups in total. The highest BCUT2D eigenvalue weighted by molar-refractivity contribution is 7.91. The molecule has 4 aliphatic heterocycles. The van der Waals surface area contributed by atoms with Gasteiger partial charge in [0.2, 0.25) is 0 Å². The summed E-state index contributed by atoms with van der Waals surface area (Å²) in [5.74, 6) is 0.309. The second kappa shape index (κ2) is 45.7. The molecule has 17 rings (SSSR count). The minimum absolute atomic E-state index is 0.183. The van der Waals surface area contributed by atoms with Crippen molar-refractivity contribution in [2.75, 3.05) is 118 Å². The monoisotopic (exact) mass is 1880 g/mol. The van der Waals surface area contributed by atoms with Crippen molar-refractivity contribution in [1.82, 2.24) is 50.7 Å². The maximum atomic E-state index is 12.4. The van der Waals surface area contributed by atoms with Crippen LogP contribution in [0, 0.1) is 90.0 Å². The lowest BCUT2D eigenvalue weighted by Crippen LogP contribution is -2.45. The highest BCUT2D eigenvalue weighted by atomic mass is 32.2. The molecule has 28 nitrogen and oxygen atoms in total. The molecule has 8 aromatic carbocycles. The Bertz CT molecular complexity index is 6450. The molecule has 0 spiro atoms. The molecule has 0 atom stereocenters. The zero-order valence-corrected chi connectivity index (χ0v) is 83.1. The summed E-state index contributed by atoms with van der Waals surface area (Å²) >= 11 is 0. The van der Waals surface area contributed by atoms with Gasteiger partial charge in [-0.15, -0.1) is 0 Å². The largest absolute Gasteiger partial charge is 0.371 e. The third kappa shape index (κ3) is 25.8. The third-order valence-electron chi connectivity index (χ3n) is 27.7. The zero-order valence-electron chi connectivity index (χ0n) is 82.3. The number of pyridine rings is 1. The first-order chi connectivity index (χ1) is 66.2. The van der Waals surface area contributed by atoms with E-state index in [9.17, 15) is 27.6 Å². The molecule has 0 bridgehead atoms. The van der Waals surface area contributed by atoms with Crippen LogP contribution in [-0.4, -0.2) is 160 Å². The van der Waals surface area contributed by atoms with E-state index in [0.29, 0.717) is 122 Å². The van der Waals surface area contributed by atoms with Crippen LogP contribution in [-0.2, 0) is 68.2 Å². The van der Waals surface area contributed by atoms with Gasteiger partial charge in [-0.05, 0) is 288 Å². The topological polar surface area (TPSA) is 398 Å². The smallest absolute Gasteiger partial charge is 0.254 e. The Balaban J connectivity index is 0.000000147. The number of nitrogens with one attached hydrogen (secondary N) is 8. The fourth-order valence-electron chi connectivity index (χ4n) is 18.8. The quantitative estimate of drug-likeness (QED) is 0.0199. The number of sulfone groups is 1. The number of piperazine rings is 1. The van der Waals surface area contributed by atoms with Crippen LogP contribution in [0.5, 0.6) is 0 Å². The number of H-pyrrole nitrogens is 4. The number of amides is 4. The van der Waals surface area contributed by atoms with Crippen LogP contribution in [0.1, 0.15) is 225 Å². The molecule has 29 heteroatoms. The predicted molar refractivity (Wildman–Crippen MR) is 557 cm³/mol. The summed E-state index contributed by atoms with van der Waals surface area (Å²) < 4.78 is 23.3. The fraction of sp³-hybridized carbons (Fsp3) is 0.367. The van der Waals surface area contributed by atoms with Gasteiger partial charge < -0.3 is 63.8 Å². The van der Waals surface area contributed by atoms with E-state index in [0.717, 1.165) is 126 Å². The number of nitrogens with two attached hydrogens (primary N) is 4. The molecular formula is C109H136N22O6S. The molecule has 4 amide bonds. The Labute approximate surface area is 812 Å². The second-order valence-electron chi connectivity index (χ2n) is 37.6. The van der Waals surface area contributed by atoms with Gasteiger partial charge in [-0.2, -0.15) is 20.4 Å². The van der Waals surface area contributed by atoms with Crippen molar-refractivity contribution < 1.29 is 27.6 Å². The maximum absolute atomic E-state index is 12.4. The summed E-state index contributed by atoms with van der Waals surface area (Å²) in [4.78, 5) is 65.6. The van der Waals surface area contributed by atoms with Crippen molar-refractivity contribution in [3.05, 3.63) is 331 Å². The summed E-state index contributed by atoms with van der Waals surface area (Å²) in [6, 6.07) is 55.1. The lowest BCUT2D eigenvalue weighted by Gasteiger charge is -2.36. The van der Waals surface area contributed by atoms with Gasteiger partial charge in [0.05, 0.1) is 46.2 Å². The number of anilines is 8. The molecule has 0 radical (unpaired) electrons. The molecule has 0 saturated carbocycles. The van der Waals surface area contributed by atoms with E-state index < -0.39 is 33.5 Å². The van der Waals surface area contributed by atoms with Crippen LogP contribution in [0.2, 0.25) is 0 Å². The number of piperidine rings is 2. The number of primary amides is 4. The number of carbonyl (C=O) groups is 4. The van der Waals surface area contributed by atoms with Gasteiger partial charge in [0, 0.05) is 147 Å². The predicted octanol–water partition coefficient (Wildman–Crippen LogP) is 16.8. The van der Waals surface area contributed by atoms with Crippen molar-refractivity contribution in [1.29, 1.82) is 0 Å². The van der Waals surface area contributed by atoms with Gasteiger partial charge in [0.15, 0.2) is 33.1 Å². The van der Waals surface area contributed by atoms with Crippen LogP contribution in [0.3, 0.4) is 0 Å². The van der Waals surface area contributed by atoms with Crippen molar-refractivity contribution in [3.8, 4) is 0 Å². The second-order valence-corrected chi connectivity index (χ2v) is 39.9. The van der Waals surface area contributed by atoms with Crippen LogP contribution < -0.4 is 63.8 Å². The number of benzene rings is 8. The van der Waals surface area contributed by atoms with Crippen molar-refractivity contribution >= 4 is 79.5 Å². The molecule has 0 aliphatic carbocycles. The van der Waals surface area contributed by atoms with E-state index in [1.54, 1.807) is 0 Å². The minimum atomic E-state index is -2.91. The van der Waals surface area contributed by atoms with Crippen LogP contribution >= 0.6 is 0 Å². The average molecular weight is 1880 g/mol. The SMILES string of the molecule is Cc1cc(CNc2n[nH]c(Cc3ccc(N4CCCCC4)cn3)c2C(N)=O)cc(C)c1C.Cc1cc(CNc2n[nH]c(Cc3ccc(N4CCN(Cc5ccccc5)CC4)cc3)c2C(N)=O)cc(C)c1C.Cc1cc(CNc2n[nH]c(Cc3ccc(N4CCS(=O)(=O)CC4)cc3)c2C(N)=O)cc(C)c1C.Cc1cc(Cc2[nH]nc(NCc3cc(C)c(C)c(C)c3)c2C(N)=O)ccc1N1CCCCC1. The van der Waals surface area contributed by atoms with Crippen LogP contribution in [0.25, 0.3) is 0 Å². The molecule has 5 aromatic heterocycles. The number of carbonyl (C=O) groups excluding carboxylic acids is 4. The average Bonchev–Trinajstić information content (AvgIpc) is 1.70. The molecule has 0 unspecified atom stereocenters. The fourth-order valence-corrected chi connectivity index (χ4v) is 20.0. The van der Waals surface area contributed by atoms with Crippen molar-refractivity contribution in [2.24, 2.45) is 22.9 Å². The Morgan fingerprint density at radius 3 is 0.971 bits per heavy atom. The molecule has 4 saturated heterocycles. The first-order valence-electron chi connectivity index (χ1n) is 48.1. The number of nitrogens with zero attached hydrogens (tertiary/aromatic N) is 10. The van der Waals surface area contributed by atoms with Gasteiger partial charge in [-0.25, -0.2) is 8.42 Å².